The summed E-state index contributed by atoms with van der Waals surface area (Å²) in [6.07, 6.45) is 14.7. The summed E-state index contributed by atoms with van der Waals surface area (Å²) in [6, 6.07) is 0. The highest BCUT2D eigenvalue weighted by molar-refractivity contribution is 5.66. The Balaban J connectivity index is 1.52. The molecule has 5 aliphatic rings. The van der Waals surface area contributed by atoms with Gasteiger partial charge in [-0.15, -0.1) is 0 Å². The molecule has 35 heavy (non-hydrogen) atoms. The van der Waals surface area contributed by atoms with Crippen molar-refractivity contribution in [1.82, 2.24) is 0 Å². The number of fused-ring (bicyclic) bond motifs is 7. The minimum atomic E-state index is -0.170. The molecule has 0 aromatic heterocycles. The summed E-state index contributed by atoms with van der Waals surface area (Å²) in [5.74, 6) is 2.03. The molecule has 3 nitrogen and oxygen atoms in total. The molecule has 10 unspecified atom stereocenters. The second-order valence-electron chi connectivity index (χ2n) is 15.8. The van der Waals surface area contributed by atoms with E-state index in [0.29, 0.717) is 34.5 Å². The van der Waals surface area contributed by atoms with Crippen LogP contribution in [0.15, 0.2) is 0 Å². The van der Waals surface area contributed by atoms with Gasteiger partial charge < -0.3 is 9.53 Å². The smallest absolute Gasteiger partial charge is 0.302 e. The van der Waals surface area contributed by atoms with E-state index in [-0.39, 0.29) is 33.7 Å². The molecular formula is C32H52O3. The van der Waals surface area contributed by atoms with Gasteiger partial charge in [-0.2, -0.15) is 0 Å². The van der Waals surface area contributed by atoms with Crippen LogP contribution < -0.4 is 0 Å². The summed E-state index contributed by atoms with van der Waals surface area (Å²) >= 11 is 0. The molecule has 0 amide bonds. The van der Waals surface area contributed by atoms with Gasteiger partial charge >= 0.3 is 5.97 Å². The lowest BCUT2D eigenvalue weighted by atomic mass is 9.30. The standard InChI is InChI=1S/C32H52O3/c1-21-23(35-22(2)34)9-10-24-29(21,6)12-11-25-30(24,7)16-18-32(20-33)26-19-27(3,4)13-14-28(26,5)15-17-31(25,32)8/h20-21,23-26H,9-19H2,1-8H3. The normalized spacial score (nSPS) is 54.9. The summed E-state index contributed by atoms with van der Waals surface area (Å²) in [6.45, 7) is 19.0. The highest BCUT2D eigenvalue weighted by Gasteiger charge is 2.72. The van der Waals surface area contributed by atoms with E-state index >= 15 is 0 Å². The maximum absolute atomic E-state index is 13.4. The fourth-order valence-corrected chi connectivity index (χ4v) is 11.6. The Morgan fingerprint density at radius 2 is 1.46 bits per heavy atom. The molecule has 198 valence electrons. The largest absolute Gasteiger partial charge is 0.462 e. The van der Waals surface area contributed by atoms with Crippen molar-refractivity contribution in [3.05, 3.63) is 0 Å². The van der Waals surface area contributed by atoms with Gasteiger partial charge in [-0.25, -0.2) is 0 Å². The third-order valence-electron chi connectivity index (χ3n) is 13.9. The Kier molecular flexibility index (Phi) is 5.76. The van der Waals surface area contributed by atoms with Crippen molar-refractivity contribution in [2.45, 2.75) is 132 Å². The van der Waals surface area contributed by atoms with Crippen molar-refractivity contribution >= 4 is 12.3 Å². The zero-order valence-corrected chi connectivity index (χ0v) is 24.0. The Labute approximate surface area is 214 Å². The van der Waals surface area contributed by atoms with Gasteiger partial charge in [-0.3, -0.25) is 4.79 Å². The van der Waals surface area contributed by atoms with Crippen LogP contribution in [0.3, 0.4) is 0 Å². The van der Waals surface area contributed by atoms with Crippen molar-refractivity contribution in [2.24, 2.45) is 56.2 Å². The highest BCUT2D eigenvalue weighted by Crippen LogP contribution is 2.78. The predicted octanol–water partition coefficient (Wildman–Crippen LogP) is 8.00. The molecule has 5 fully saturated rings. The van der Waals surface area contributed by atoms with Crippen LogP contribution in [0.25, 0.3) is 0 Å². The molecule has 0 aliphatic heterocycles. The first-order valence-electron chi connectivity index (χ1n) is 14.8. The quantitative estimate of drug-likeness (QED) is 0.294. The molecule has 0 aromatic carbocycles. The van der Waals surface area contributed by atoms with E-state index in [1.54, 1.807) is 6.92 Å². The monoisotopic (exact) mass is 484 g/mol. The number of aldehydes is 1. The Morgan fingerprint density at radius 1 is 0.771 bits per heavy atom. The van der Waals surface area contributed by atoms with Gasteiger partial charge in [0, 0.05) is 12.3 Å². The number of rotatable bonds is 2. The molecule has 5 aliphatic carbocycles. The highest BCUT2D eigenvalue weighted by atomic mass is 16.5. The second kappa shape index (κ2) is 7.83. The summed E-state index contributed by atoms with van der Waals surface area (Å²) in [7, 11) is 0. The molecule has 0 saturated heterocycles. The lowest BCUT2D eigenvalue weighted by Crippen LogP contribution is -2.69. The Hall–Kier alpha value is -0.860. The van der Waals surface area contributed by atoms with Gasteiger partial charge in [-0.1, -0.05) is 48.5 Å². The van der Waals surface area contributed by atoms with E-state index in [9.17, 15) is 9.59 Å². The van der Waals surface area contributed by atoms with Crippen LogP contribution in [0.2, 0.25) is 0 Å². The van der Waals surface area contributed by atoms with E-state index < -0.39 is 0 Å². The van der Waals surface area contributed by atoms with Crippen molar-refractivity contribution < 1.29 is 14.3 Å². The van der Waals surface area contributed by atoms with Crippen molar-refractivity contribution in [3.63, 3.8) is 0 Å². The third-order valence-corrected chi connectivity index (χ3v) is 13.9. The zero-order chi connectivity index (χ0) is 25.7. The first-order valence-corrected chi connectivity index (χ1v) is 14.8. The van der Waals surface area contributed by atoms with E-state index in [2.05, 4.69) is 48.5 Å². The maximum atomic E-state index is 13.4. The topological polar surface area (TPSA) is 43.4 Å². The van der Waals surface area contributed by atoms with Gasteiger partial charge in [0.05, 0.1) is 0 Å². The Bertz CT molecular complexity index is 893. The van der Waals surface area contributed by atoms with Crippen molar-refractivity contribution in [2.75, 3.05) is 0 Å². The van der Waals surface area contributed by atoms with Gasteiger partial charge in [0.2, 0.25) is 0 Å². The van der Waals surface area contributed by atoms with Crippen LogP contribution in [-0.4, -0.2) is 18.4 Å². The minimum absolute atomic E-state index is 0.0574. The summed E-state index contributed by atoms with van der Waals surface area (Å²) < 4.78 is 5.83. The summed E-state index contributed by atoms with van der Waals surface area (Å²) in [5, 5.41) is 0. The lowest BCUT2D eigenvalue weighted by Gasteiger charge is -2.74. The molecular weight excluding hydrogens is 432 g/mol. The van der Waals surface area contributed by atoms with Crippen molar-refractivity contribution in [1.29, 1.82) is 0 Å². The summed E-state index contributed by atoms with van der Waals surface area (Å²) in [4.78, 5) is 25.2. The average Bonchev–Trinajstić information content (AvgIpc) is 2.77. The molecule has 0 radical (unpaired) electrons. The SMILES string of the molecule is CC(=O)OC1CCC2C(C)(CCC3C2(C)CCC2(C=O)C4CC(C)(C)CCC4(C)CCC32C)C1C. The van der Waals surface area contributed by atoms with Crippen LogP contribution in [0.4, 0.5) is 0 Å². The maximum Gasteiger partial charge on any atom is 0.302 e. The number of carbonyl (C=O) groups is 2. The van der Waals surface area contributed by atoms with Crippen LogP contribution in [0, 0.1) is 56.2 Å². The molecule has 5 rings (SSSR count). The van der Waals surface area contributed by atoms with E-state index in [0.717, 1.165) is 19.3 Å². The van der Waals surface area contributed by atoms with Gasteiger partial charge in [-0.05, 0) is 121 Å². The van der Waals surface area contributed by atoms with E-state index in [4.69, 9.17) is 4.74 Å². The van der Waals surface area contributed by atoms with Gasteiger partial charge in [0.25, 0.3) is 0 Å². The lowest BCUT2D eigenvalue weighted by molar-refractivity contribution is -0.256. The molecule has 0 N–H and O–H groups in total. The minimum Gasteiger partial charge on any atom is -0.462 e. The van der Waals surface area contributed by atoms with Gasteiger partial charge in [0.15, 0.2) is 0 Å². The first kappa shape index (κ1) is 25.8. The molecule has 5 saturated carbocycles. The fourth-order valence-electron chi connectivity index (χ4n) is 11.6. The van der Waals surface area contributed by atoms with E-state index in [1.807, 2.05) is 0 Å². The number of hydrogen-bond acceptors (Lipinski definition) is 3. The predicted molar refractivity (Wildman–Crippen MR) is 141 cm³/mol. The number of esters is 1. The average molecular weight is 485 g/mol. The van der Waals surface area contributed by atoms with Crippen molar-refractivity contribution in [3.8, 4) is 0 Å². The Morgan fingerprint density at radius 3 is 2.11 bits per heavy atom. The molecule has 10 atom stereocenters. The molecule has 3 heteroatoms. The molecule has 0 bridgehead atoms. The van der Waals surface area contributed by atoms with Crippen LogP contribution in [-0.2, 0) is 14.3 Å². The van der Waals surface area contributed by atoms with Crippen LogP contribution in [0.5, 0.6) is 0 Å². The third kappa shape index (κ3) is 3.34. The van der Waals surface area contributed by atoms with Crippen LogP contribution in [0.1, 0.15) is 126 Å². The zero-order valence-electron chi connectivity index (χ0n) is 24.0. The number of hydrogen-bond donors (Lipinski definition) is 0. The van der Waals surface area contributed by atoms with Gasteiger partial charge in [0.1, 0.15) is 12.4 Å². The van der Waals surface area contributed by atoms with Crippen LogP contribution >= 0.6 is 0 Å². The second-order valence-corrected chi connectivity index (χ2v) is 15.8. The molecule has 0 heterocycles. The number of ether oxygens (including phenoxy) is 1. The summed E-state index contributed by atoms with van der Waals surface area (Å²) in [5.41, 5.74) is 1.06. The number of carbonyl (C=O) groups excluding carboxylic acids is 2. The molecule has 0 aromatic rings. The van der Waals surface area contributed by atoms with E-state index in [1.165, 1.54) is 57.7 Å². The first-order chi connectivity index (χ1) is 16.2. The fraction of sp³-hybridized carbons (Fsp3) is 0.938. The molecule has 0 spiro atoms.